The molecule has 3 rings (SSSR count). The maximum absolute atomic E-state index is 11.3. The first-order chi connectivity index (χ1) is 8.75. The van der Waals surface area contributed by atoms with Gasteiger partial charge in [-0.15, -0.1) is 0 Å². The summed E-state index contributed by atoms with van der Waals surface area (Å²) in [6, 6.07) is 0. The van der Waals surface area contributed by atoms with Gasteiger partial charge in [-0.25, -0.2) is 14.5 Å². The Bertz CT molecular complexity index is 500. The number of nitrogens with zero attached hydrogens (tertiary/aromatic N) is 3. The summed E-state index contributed by atoms with van der Waals surface area (Å²) in [4.78, 5) is 15.7. The highest BCUT2D eigenvalue weighted by Gasteiger charge is 2.25. The molecule has 6 nitrogen and oxygen atoms in total. The lowest BCUT2D eigenvalue weighted by atomic mass is 9.98. The van der Waals surface area contributed by atoms with Gasteiger partial charge in [0.1, 0.15) is 12.9 Å². The van der Waals surface area contributed by atoms with Gasteiger partial charge in [0.05, 0.1) is 11.3 Å². The molecular weight excluding hydrogens is 232 g/mol. The summed E-state index contributed by atoms with van der Waals surface area (Å²) in [5.74, 6) is 1.03. The predicted octanol–water partition coefficient (Wildman–Crippen LogP) is 0.533. The zero-order chi connectivity index (χ0) is 12.5. The fourth-order valence-corrected chi connectivity index (χ4v) is 2.38. The number of carbonyl (C=O) groups excluding carboxylic acids is 1. The summed E-state index contributed by atoms with van der Waals surface area (Å²) in [5, 5.41) is 7.81. The van der Waals surface area contributed by atoms with E-state index in [0.29, 0.717) is 18.1 Å². The Morgan fingerprint density at radius 2 is 2.22 bits per heavy atom. The van der Waals surface area contributed by atoms with Crippen LogP contribution >= 0.6 is 0 Å². The molecule has 2 aliphatic heterocycles. The number of nitrogens with one attached hydrogen (secondary N) is 1. The van der Waals surface area contributed by atoms with Crippen molar-refractivity contribution in [1.82, 2.24) is 20.1 Å². The number of hydrogen-bond donors (Lipinski definition) is 1. The van der Waals surface area contributed by atoms with Crippen LogP contribution in [0.5, 0.6) is 0 Å². The summed E-state index contributed by atoms with van der Waals surface area (Å²) >= 11 is 0. The highest BCUT2D eigenvalue weighted by atomic mass is 16.5. The smallest absolute Gasteiger partial charge is 0.336 e. The average Bonchev–Trinajstić information content (AvgIpc) is 3.00. The van der Waals surface area contributed by atoms with E-state index in [0.717, 1.165) is 37.5 Å². The third kappa shape index (κ3) is 1.92. The summed E-state index contributed by atoms with van der Waals surface area (Å²) in [5.41, 5.74) is 1.42. The standard InChI is InChI=1S/C12H16N4O2/c1-8-10(6-18-12(8)17)16-7-14-11(15-16)9-2-4-13-5-3-9/h7,9,13H,2-6H2,1H3. The van der Waals surface area contributed by atoms with Crippen molar-refractivity contribution in [3.63, 3.8) is 0 Å². The molecule has 0 spiro atoms. The van der Waals surface area contributed by atoms with Gasteiger partial charge in [0.2, 0.25) is 0 Å². The van der Waals surface area contributed by atoms with Crippen LogP contribution in [0.2, 0.25) is 0 Å². The Hall–Kier alpha value is -1.69. The van der Waals surface area contributed by atoms with Crippen molar-refractivity contribution in [2.75, 3.05) is 19.7 Å². The lowest BCUT2D eigenvalue weighted by Crippen LogP contribution is -2.27. The van der Waals surface area contributed by atoms with Crippen LogP contribution in [-0.2, 0) is 9.53 Å². The number of cyclic esters (lactones) is 1. The van der Waals surface area contributed by atoms with Crippen molar-refractivity contribution in [2.45, 2.75) is 25.7 Å². The number of rotatable bonds is 2. The monoisotopic (exact) mass is 248 g/mol. The van der Waals surface area contributed by atoms with Crippen LogP contribution in [0.1, 0.15) is 31.5 Å². The fraction of sp³-hybridized carbons (Fsp3) is 0.583. The molecule has 1 fully saturated rings. The molecule has 18 heavy (non-hydrogen) atoms. The first kappa shape index (κ1) is 11.4. The van der Waals surface area contributed by atoms with E-state index in [9.17, 15) is 4.79 Å². The van der Waals surface area contributed by atoms with E-state index >= 15 is 0 Å². The minimum atomic E-state index is -0.260. The van der Waals surface area contributed by atoms with E-state index in [4.69, 9.17) is 4.74 Å². The van der Waals surface area contributed by atoms with E-state index in [-0.39, 0.29) is 5.97 Å². The van der Waals surface area contributed by atoms with Gasteiger partial charge in [0.25, 0.3) is 0 Å². The lowest BCUT2D eigenvalue weighted by Gasteiger charge is -2.19. The SMILES string of the molecule is CC1=C(n2cnc(C3CCNCC3)n2)COC1=O. The molecule has 0 unspecified atom stereocenters. The third-order valence-electron chi connectivity index (χ3n) is 3.57. The van der Waals surface area contributed by atoms with Gasteiger partial charge < -0.3 is 10.1 Å². The van der Waals surface area contributed by atoms with Gasteiger partial charge >= 0.3 is 5.97 Å². The second-order valence-corrected chi connectivity index (χ2v) is 4.72. The maximum Gasteiger partial charge on any atom is 0.336 e. The van der Waals surface area contributed by atoms with E-state index in [1.54, 1.807) is 17.9 Å². The quantitative estimate of drug-likeness (QED) is 0.773. The third-order valence-corrected chi connectivity index (χ3v) is 3.57. The molecule has 0 amide bonds. The summed E-state index contributed by atoms with van der Waals surface area (Å²) in [6.07, 6.45) is 3.81. The van der Waals surface area contributed by atoms with Crippen molar-refractivity contribution in [3.8, 4) is 0 Å². The Labute approximate surface area is 105 Å². The molecule has 6 heteroatoms. The summed E-state index contributed by atoms with van der Waals surface area (Å²) < 4.78 is 6.65. The summed E-state index contributed by atoms with van der Waals surface area (Å²) in [6.45, 7) is 4.08. The Morgan fingerprint density at radius 1 is 1.44 bits per heavy atom. The molecule has 0 saturated carbocycles. The number of carbonyl (C=O) groups is 1. The van der Waals surface area contributed by atoms with Gasteiger partial charge in [-0.3, -0.25) is 0 Å². The van der Waals surface area contributed by atoms with Crippen molar-refractivity contribution in [3.05, 3.63) is 17.7 Å². The molecule has 1 saturated heterocycles. The zero-order valence-electron chi connectivity index (χ0n) is 10.3. The van der Waals surface area contributed by atoms with E-state index < -0.39 is 0 Å². The Morgan fingerprint density at radius 3 is 2.89 bits per heavy atom. The predicted molar refractivity (Wildman–Crippen MR) is 64.7 cm³/mol. The average molecular weight is 248 g/mol. The van der Waals surface area contributed by atoms with Gasteiger partial charge in [-0.1, -0.05) is 0 Å². The summed E-state index contributed by atoms with van der Waals surface area (Å²) in [7, 11) is 0. The number of ether oxygens (including phenoxy) is 1. The molecular formula is C12H16N4O2. The Kier molecular flexibility index (Phi) is 2.87. The molecule has 0 radical (unpaired) electrons. The second-order valence-electron chi connectivity index (χ2n) is 4.72. The van der Waals surface area contributed by atoms with E-state index in [2.05, 4.69) is 15.4 Å². The molecule has 0 aliphatic carbocycles. The minimum Gasteiger partial charge on any atom is -0.456 e. The van der Waals surface area contributed by atoms with E-state index in [1.165, 1.54) is 0 Å². The normalized spacial score (nSPS) is 21.5. The molecule has 0 atom stereocenters. The zero-order valence-corrected chi connectivity index (χ0v) is 10.3. The van der Waals surface area contributed by atoms with Gasteiger partial charge in [-0.2, -0.15) is 5.10 Å². The van der Waals surface area contributed by atoms with Crippen molar-refractivity contribution < 1.29 is 9.53 Å². The Balaban J connectivity index is 1.83. The van der Waals surface area contributed by atoms with Gasteiger partial charge in [0.15, 0.2) is 5.82 Å². The minimum absolute atomic E-state index is 0.260. The lowest BCUT2D eigenvalue weighted by molar-refractivity contribution is -0.135. The van der Waals surface area contributed by atoms with Crippen LogP contribution in [0.4, 0.5) is 0 Å². The fourth-order valence-electron chi connectivity index (χ4n) is 2.38. The molecule has 0 aromatic carbocycles. The van der Waals surface area contributed by atoms with Crippen LogP contribution in [0.25, 0.3) is 5.70 Å². The molecule has 2 aliphatic rings. The topological polar surface area (TPSA) is 69.0 Å². The largest absolute Gasteiger partial charge is 0.456 e. The second kappa shape index (κ2) is 4.53. The van der Waals surface area contributed by atoms with Gasteiger partial charge in [0, 0.05) is 5.92 Å². The van der Waals surface area contributed by atoms with Gasteiger partial charge in [-0.05, 0) is 32.9 Å². The number of piperidine rings is 1. The number of esters is 1. The van der Waals surface area contributed by atoms with Crippen LogP contribution in [0.15, 0.2) is 11.9 Å². The first-order valence-corrected chi connectivity index (χ1v) is 6.25. The maximum atomic E-state index is 11.3. The van der Waals surface area contributed by atoms with Crippen LogP contribution in [0, 0.1) is 0 Å². The van der Waals surface area contributed by atoms with Crippen LogP contribution in [-0.4, -0.2) is 40.4 Å². The molecule has 1 aromatic heterocycles. The highest BCUT2D eigenvalue weighted by molar-refractivity contribution is 5.97. The van der Waals surface area contributed by atoms with Crippen LogP contribution in [0.3, 0.4) is 0 Å². The molecule has 0 bridgehead atoms. The number of aromatic nitrogens is 3. The van der Waals surface area contributed by atoms with Crippen LogP contribution < -0.4 is 5.32 Å². The molecule has 1 aromatic rings. The number of hydrogen-bond acceptors (Lipinski definition) is 5. The van der Waals surface area contributed by atoms with Crippen molar-refractivity contribution in [1.29, 1.82) is 0 Å². The molecule has 96 valence electrons. The first-order valence-electron chi connectivity index (χ1n) is 6.25. The van der Waals surface area contributed by atoms with Crippen molar-refractivity contribution in [2.24, 2.45) is 0 Å². The van der Waals surface area contributed by atoms with E-state index in [1.807, 2.05) is 0 Å². The highest BCUT2D eigenvalue weighted by Crippen LogP contribution is 2.24. The molecule has 1 N–H and O–H groups in total. The van der Waals surface area contributed by atoms with Crippen molar-refractivity contribution >= 4 is 11.7 Å². The molecule has 3 heterocycles.